The van der Waals surface area contributed by atoms with Crippen LogP contribution in [0.5, 0.6) is 5.75 Å². The van der Waals surface area contributed by atoms with Gasteiger partial charge in [-0.3, -0.25) is 4.79 Å². The van der Waals surface area contributed by atoms with Gasteiger partial charge in [-0.1, -0.05) is 104 Å². The second-order valence-electron chi connectivity index (χ2n) is 11.6. The molecule has 0 aliphatic heterocycles. The maximum absolute atomic E-state index is 13.0. The molecule has 0 fully saturated rings. The van der Waals surface area contributed by atoms with Crippen molar-refractivity contribution in [3.63, 3.8) is 0 Å². The van der Waals surface area contributed by atoms with Crippen LogP contribution in [0.15, 0.2) is 60.8 Å². The highest BCUT2D eigenvalue weighted by Gasteiger charge is 2.17. The molecule has 42 heavy (non-hydrogen) atoms. The van der Waals surface area contributed by atoms with Crippen LogP contribution in [0.4, 0.5) is 0 Å². The van der Waals surface area contributed by atoms with Gasteiger partial charge in [-0.05, 0) is 55.2 Å². The van der Waals surface area contributed by atoms with Crippen LogP contribution < -0.4 is 4.74 Å². The summed E-state index contributed by atoms with van der Waals surface area (Å²) >= 11 is 0. The van der Waals surface area contributed by atoms with Crippen LogP contribution in [0.1, 0.15) is 109 Å². The Kier molecular flexibility index (Phi) is 14.2. The molecule has 2 aromatic carbocycles. The minimum absolute atomic E-state index is 0.143. The molecule has 1 heterocycles. The van der Waals surface area contributed by atoms with E-state index in [1.807, 2.05) is 37.3 Å². The third kappa shape index (κ3) is 11.0. The Labute approximate surface area is 252 Å². The zero-order chi connectivity index (χ0) is 30.2. The van der Waals surface area contributed by atoms with Gasteiger partial charge in [-0.25, -0.2) is 14.8 Å². The zero-order valence-corrected chi connectivity index (χ0v) is 25.9. The number of nitrogens with zero attached hydrogens (tertiary/aromatic N) is 2. The molecule has 0 saturated carbocycles. The van der Waals surface area contributed by atoms with Crippen molar-refractivity contribution in [3.8, 4) is 28.4 Å². The minimum Gasteiger partial charge on any atom is -0.462 e. The van der Waals surface area contributed by atoms with Crippen molar-refractivity contribution in [2.75, 3.05) is 6.61 Å². The van der Waals surface area contributed by atoms with Crippen molar-refractivity contribution in [1.82, 2.24) is 9.97 Å². The molecule has 6 heteroatoms. The van der Waals surface area contributed by atoms with E-state index >= 15 is 0 Å². The summed E-state index contributed by atoms with van der Waals surface area (Å²) in [6.45, 7) is 8.95. The Balaban J connectivity index is 1.57. The average Bonchev–Trinajstić information content (AvgIpc) is 3.00. The number of hydrogen-bond donors (Lipinski definition) is 0. The van der Waals surface area contributed by atoms with Gasteiger partial charge in [0.25, 0.3) is 0 Å². The van der Waals surface area contributed by atoms with Crippen LogP contribution in [0.2, 0.25) is 0 Å². The van der Waals surface area contributed by atoms with Gasteiger partial charge in [0, 0.05) is 17.3 Å². The summed E-state index contributed by atoms with van der Waals surface area (Å²) in [5.41, 5.74) is 2.63. The molecule has 0 bridgehead atoms. The fourth-order valence-corrected chi connectivity index (χ4v) is 4.85. The molecule has 0 unspecified atom stereocenters. The van der Waals surface area contributed by atoms with Gasteiger partial charge >= 0.3 is 11.9 Å². The molecule has 0 radical (unpaired) electrons. The number of aromatic nitrogens is 2. The second kappa shape index (κ2) is 18.1. The first kappa shape index (κ1) is 33.0. The lowest BCUT2D eigenvalue weighted by atomic mass is 10.00. The minimum atomic E-state index is -0.335. The van der Waals surface area contributed by atoms with Crippen LogP contribution in [0, 0.1) is 11.8 Å². The Morgan fingerprint density at radius 1 is 0.786 bits per heavy atom. The van der Waals surface area contributed by atoms with Crippen molar-refractivity contribution in [2.24, 2.45) is 11.8 Å². The van der Waals surface area contributed by atoms with E-state index in [1.54, 1.807) is 30.5 Å². The standard InChI is InChI=1S/C36H48N2O4/c1-5-6-7-8-9-10-11-14-26-41-36(40)32-19-13-12-18-31(32)33-24-25-37-34(38-33)29-20-22-30(23-21-29)42-35(39)28(4)17-15-16-27(2)3/h12-13,18-25,27-28H,5-11,14-17,26H2,1-4H3/t28-/m0/s1. The number of ether oxygens (including phenoxy) is 2. The van der Waals surface area contributed by atoms with Crippen molar-refractivity contribution in [3.05, 3.63) is 66.4 Å². The molecule has 226 valence electrons. The van der Waals surface area contributed by atoms with Crippen LogP contribution in [-0.2, 0) is 9.53 Å². The molecule has 1 atom stereocenters. The maximum Gasteiger partial charge on any atom is 0.338 e. The highest BCUT2D eigenvalue weighted by molar-refractivity contribution is 5.96. The topological polar surface area (TPSA) is 78.4 Å². The molecule has 0 amide bonds. The van der Waals surface area contributed by atoms with E-state index in [1.165, 1.54) is 38.5 Å². The smallest absolute Gasteiger partial charge is 0.338 e. The van der Waals surface area contributed by atoms with Gasteiger partial charge in [0.1, 0.15) is 5.75 Å². The van der Waals surface area contributed by atoms with Gasteiger partial charge in [-0.15, -0.1) is 0 Å². The first-order chi connectivity index (χ1) is 20.4. The lowest BCUT2D eigenvalue weighted by Crippen LogP contribution is -2.17. The quantitative estimate of drug-likeness (QED) is 0.0858. The highest BCUT2D eigenvalue weighted by Crippen LogP contribution is 2.26. The van der Waals surface area contributed by atoms with E-state index in [4.69, 9.17) is 14.5 Å². The Bertz CT molecular complexity index is 1240. The third-order valence-corrected chi connectivity index (χ3v) is 7.46. The predicted octanol–water partition coefficient (Wildman–Crippen LogP) is 9.48. The molecule has 0 aliphatic rings. The van der Waals surface area contributed by atoms with Crippen molar-refractivity contribution < 1.29 is 19.1 Å². The Morgan fingerprint density at radius 3 is 2.19 bits per heavy atom. The lowest BCUT2D eigenvalue weighted by Gasteiger charge is -2.12. The second-order valence-corrected chi connectivity index (χ2v) is 11.6. The van der Waals surface area contributed by atoms with Crippen molar-refractivity contribution in [2.45, 2.75) is 98.3 Å². The van der Waals surface area contributed by atoms with Crippen molar-refractivity contribution >= 4 is 11.9 Å². The van der Waals surface area contributed by atoms with E-state index in [-0.39, 0.29) is 17.9 Å². The number of rotatable bonds is 18. The van der Waals surface area contributed by atoms with E-state index in [0.717, 1.165) is 37.7 Å². The normalized spacial score (nSPS) is 11.8. The van der Waals surface area contributed by atoms with Crippen LogP contribution in [0.25, 0.3) is 22.6 Å². The molecule has 0 aliphatic carbocycles. The fraction of sp³-hybridized carbons (Fsp3) is 0.500. The third-order valence-electron chi connectivity index (χ3n) is 7.46. The first-order valence-electron chi connectivity index (χ1n) is 15.8. The number of hydrogen-bond acceptors (Lipinski definition) is 6. The Morgan fingerprint density at radius 2 is 1.48 bits per heavy atom. The predicted molar refractivity (Wildman–Crippen MR) is 169 cm³/mol. The number of carbonyl (C=O) groups is 2. The number of benzene rings is 2. The maximum atomic E-state index is 13.0. The van der Waals surface area contributed by atoms with Crippen LogP contribution >= 0.6 is 0 Å². The van der Waals surface area contributed by atoms with Crippen LogP contribution in [-0.4, -0.2) is 28.5 Å². The van der Waals surface area contributed by atoms with E-state index in [0.29, 0.717) is 40.9 Å². The number of carbonyl (C=O) groups excluding carboxylic acids is 2. The highest BCUT2D eigenvalue weighted by atomic mass is 16.5. The molecular formula is C36H48N2O4. The Hall–Kier alpha value is -3.54. The van der Waals surface area contributed by atoms with E-state index < -0.39 is 0 Å². The van der Waals surface area contributed by atoms with Gasteiger partial charge in [-0.2, -0.15) is 0 Å². The largest absolute Gasteiger partial charge is 0.462 e. The number of unbranched alkanes of at least 4 members (excludes halogenated alkanes) is 7. The molecule has 3 rings (SSSR count). The first-order valence-corrected chi connectivity index (χ1v) is 15.8. The molecule has 0 N–H and O–H groups in total. The summed E-state index contributed by atoms with van der Waals surface area (Å²) in [6, 6.07) is 16.4. The van der Waals surface area contributed by atoms with E-state index in [2.05, 4.69) is 25.8 Å². The van der Waals surface area contributed by atoms with Gasteiger partial charge < -0.3 is 9.47 Å². The molecule has 0 saturated heterocycles. The summed E-state index contributed by atoms with van der Waals surface area (Å²) in [5.74, 6) is 0.965. The summed E-state index contributed by atoms with van der Waals surface area (Å²) < 4.78 is 11.2. The summed E-state index contributed by atoms with van der Waals surface area (Å²) in [5, 5.41) is 0. The SMILES string of the molecule is CCCCCCCCCCOC(=O)c1ccccc1-c1ccnc(-c2ccc(OC(=O)[C@@H](C)CCCC(C)C)cc2)n1. The molecule has 1 aromatic heterocycles. The van der Waals surface area contributed by atoms with Gasteiger partial charge in [0.15, 0.2) is 5.82 Å². The van der Waals surface area contributed by atoms with Gasteiger partial charge in [0.05, 0.1) is 23.8 Å². The van der Waals surface area contributed by atoms with Gasteiger partial charge in [0.2, 0.25) is 0 Å². The molecular weight excluding hydrogens is 524 g/mol. The van der Waals surface area contributed by atoms with E-state index in [9.17, 15) is 9.59 Å². The number of esters is 2. The monoisotopic (exact) mass is 572 g/mol. The summed E-state index contributed by atoms with van der Waals surface area (Å²) in [7, 11) is 0. The summed E-state index contributed by atoms with van der Waals surface area (Å²) in [4.78, 5) is 34.6. The summed E-state index contributed by atoms with van der Waals surface area (Å²) in [6.07, 6.45) is 14.2. The average molecular weight is 573 g/mol. The molecule has 6 nitrogen and oxygen atoms in total. The zero-order valence-electron chi connectivity index (χ0n) is 25.9. The fourth-order valence-electron chi connectivity index (χ4n) is 4.85. The molecule has 3 aromatic rings. The van der Waals surface area contributed by atoms with Crippen molar-refractivity contribution in [1.29, 1.82) is 0 Å². The lowest BCUT2D eigenvalue weighted by molar-refractivity contribution is -0.138. The van der Waals surface area contributed by atoms with Crippen LogP contribution in [0.3, 0.4) is 0 Å². The molecule has 0 spiro atoms.